The number of anilines is 1. The van der Waals surface area contributed by atoms with Gasteiger partial charge in [0.05, 0.1) is 35.1 Å². The number of ether oxygens (including phenoxy) is 1. The van der Waals surface area contributed by atoms with Crippen molar-refractivity contribution in [2.75, 3.05) is 44.3 Å². The van der Waals surface area contributed by atoms with Gasteiger partial charge in [0.1, 0.15) is 6.17 Å². The number of amides is 1. The van der Waals surface area contributed by atoms with Crippen LogP contribution in [0.5, 0.6) is 0 Å². The number of likely N-dealkylation sites (tertiary alicyclic amines) is 1. The second kappa shape index (κ2) is 9.35. The monoisotopic (exact) mass is 492 g/mol. The maximum atomic E-state index is 13.4. The first kappa shape index (κ1) is 22.1. The fourth-order valence-corrected chi connectivity index (χ4v) is 5.63. The number of nitrogens with zero attached hydrogens (tertiary/aromatic N) is 5. The zero-order chi connectivity index (χ0) is 23.8. The highest BCUT2D eigenvalue weighted by Gasteiger charge is 2.22. The van der Waals surface area contributed by atoms with E-state index in [1.54, 1.807) is 28.5 Å². The lowest BCUT2D eigenvalue weighted by atomic mass is 10.1. The van der Waals surface area contributed by atoms with Crippen LogP contribution in [-0.4, -0.2) is 76.5 Å². The van der Waals surface area contributed by atoms with E-state index in [1.807, 2.05) is 30.3 Å². The Hall–Kier alpha value is -3.37. The molecule has 0 unspecified atom stereocenters. The molecule has 10 heteroatoms. The molecule has 35 heavy (non-hydrogen) atoms. The van der Waals surface area contributed by atoms with Crippen LogP contribution in [0.4, 0.5) is 10.2 Å². The van der Waals surface area contributed by atoms with E-state index >= 15 is 0 Å². The summed E-state index contributed by atoms with van der Waals surface area (Å²) >= 11 is 1.57. The molecule has 180 valence electrons. The molecule has 5 heterocycles. The minimum Gasteiger partial charge on any atom is -0.378 e. The number of nitrogens with one attached hydrogen (secondary N) is 1. The normalized spacial score (nSPS) is 17.7. The van der Waals surface area contributed by atoms with E-state index in [4.69, 9.17) is 14.7 Å². The average Bonchev–Trinajstić information content (AvgIpc) is 3.54. The summed E-state index contributed by atoms with van der Waals surface area (Å²) in [7, 11) is 0. The third-order valence-electron chi connectivity index (χ3n) is 6.54. The van der Waals surface area contributed by atoms with Gasteiger partial charge in [0, 0.05) is 48.1 Å². The molecule has 8 nitrogen and oxygen atoms in total. The van der Waals surface area contributed by atoms with Crippen LogP contribution < -0.4 is 4.90 Å². The number of piperidine rings is 1. The van der Waals surface area contributed by atoms with Crippen LogP contribution in [0.3, 0.4) is 0 Å². The smallest absolute Gasteiger partial charge is 0.246 e. The van der Waals surface area contributed by atoms with Crippen LogP contribution in [-0.2, 0) is 9.53 Å². The van der Waals surface area contributed by atoms with Gasteiger partial charge in [-0.2, -0.15) is 5.10 Å². The third-order valence-corrected chi connectivity index (χ3v) is 7.62. The molecule has 1 N–H and O–H groups in total. The highest BCUT2D eigenvalue weighted by atomic mass is 32.1. The molecule has 2 fully saturated rings. The highest BCUT2D eigenvalue weighted by Crippen LogP contribution is 2.36. The summed E-state index contributed by atoms with van der Waals surface area (Å²) in [5.74, 6) is 1.44. The molecule has 0 aliphatic carbocycles. The van der Waals surface area contributed by atoms with Gasteiger partial charge < -0.3 is 14.5 Å². The van der Waals surface area contributed by atoms with Gasteiger partial charge in [0.15, 0.2) is 11.6 Å². The average molecular weight is 493 g/mol. The van der Waals surface area contributed by atoms with Gasteiger partial charge in [-0.1, -0.05) is 12.1 Å². The van der Waals surface area contributed by atoms with Gasteiger partial charge in [-0.3, -0.25) is 9.89 Å². The molecular formula is C25H25FN6O2S. The summed E-state index contributed by atoms with van der Waals surface area (Å²) in [6, 6.07) is 7.96. The summed E-state index contributed by atoms with van der Waals surface area (Å²) < 4.78 is 20.0. The molecule has 0 atom stereocenters. The quantitative estimate of drug-likeness (QED) is 0.433. The van der Waals surface area contributed by atoms with E-state index < -0.39 is 6.17 Å². The van der Waals surface area contributed by atoms with Crippen LogP contribution in [0.2, 0.25) is 0 Å². The number of carbonyl (C=O) groups excluding carboxylic acids is 1. The van der Waals surface area contributed by atoms with Gasteiger partial charge in [-0.05, 0) is 31.1 Å². The van der Waals surface area contributed by atoms with Crippen molar-refractivity contribution in [3.8, 4) is 11.4 Å². The van der Waals surface area contributed by atoms with Gasteiger partial charge in [0.2, 0.25) is 5.91 Å². The Labute approximate surface area is 205 Å². The number of carbonyl (C=O) groups is 1. The number of halogens is 1. The molecule has 1 aromatic carbocycles. The fourth-order valence-electron chi connectivity index (χ4n) is 4.62. The van der Waals surface area contributed by atoms with Crippen molar-refractivity contribution in [3.05, 3.63) is 41.4 Å². The molecule has 3 aromatic heterocycles. The Morgan fingerprint density at radius 3 is 2.83 bits per heavy atom. The van der Waals surface area contributed by atoms with Crippen molar-refractivity contribution in [1.29, 1.82) is 0 Å². The molecule has 6 rings (SSSR count). The molecule has 2 aliphatic heterocycles. The summed E-state index contributed by atoms with van der Waals surface area (Å²) in [4.78, 5) is 27.4. The molecule has 2 aliphatic rings. The lowest BCUT2D eigenvalue weighted by Gasteiger charge is -2.28. The number of aromatic amines is 1. The van der Waals surface area contributed by atoms with Crippen molar-refractivity contribution in [2.24, 2.45) is 0 Å². The number of fused-ring (bicyclic) bond motifs is 2. The molecule has 2 saturated heterocycles. The molecule has 0 radical (unpaired) electrons. The highest BCUT2D eigenvalue weighted by molar-refractivity contribution is 7.20. The maximum absolute atomic E-state index is 13.4. The Kier molecular flexibility index (Phi) is 5.91. The second-order valence-electron chi connectivity index (χ2n) is 8.80. The summed E-state index contributed by atoms with van der Waals surface area (Å²) in [5, 5.41) is 8.16. The number of H-pyrrole nitrogens is 1. The first-order chi connectivity index (χ1) is 17.2. The largest absolute Gasteiger partial charge is 0.378 e. The Balaban J connectivity index is 1.38. The standard InChI is InChI=1S/C25H25FN6O2S/c26-16-6-8-31(9-7-16)22(33)5-4-17-14-21-23(35-17)25(32-10-12-34-13-11-32)29-24(28-21)18-2-1-3-20-19(18)15-27-30-20/h1-5,14-16H,6-13H2,(H,27,30)/b5-4+. The van der Waals surface area contributed by atoms with Crippen molar-refractivity contribution in [3.63, 3.8) is 0 Å². The van der Waals surface area contributed by atoms with E-state index in [9.17, 15) is 9.18 Å². The number of hydrogen-bond donors (Lipinski definition) is 1. The zero-order valence-electron chi connectivity index (χ0n) is 19.1. The van der Waals surface area contributed by atoms with Gasteiger partial charge in [-0.15, -0.1) is 11.3 Å². The summed E-state index contributed by atoms with van der Waals surface area (Å²) in [6.07, 6.45) is 5.23. The first-order valence-electron chi connectivity index (χ1n) is 11.8. The molecule has 4 aromatic rings. The molecule has 0 spiro atoms. The van der Waals surface area contributed by atoms with Gasteiger partial charge in [-0.25, -0.2) is 14.4 Å². The van der Waals surface area contributed by atoms with Crippen LogP contribution in [0.1, 0.15) is 17.7 Å². The van der Waals surface area contributed by atoms with Gasteiger partial charge in [0.25, 0.3) is 0 Å². The SMILES string of the molecule is O=C(/C=C/c1cc2nc(-c3cccc4[nH]ncc34)nc(N3CCOCC3)c2s1)N1CCC(F)CC1. The lowest BCUT2D eigenvalue weighted by Crippen LogP contribution is -2.38. The number of rotatable bonds is 4. The lowest BCUT2D eigenvalue weighted by molar-refractivity contribution is -0.127. The minimum absolute atomic E-state index is 0.0823. The predicted molar refractivity (Wildman–Crippen MR) is 135 cm³/mol. The van der Waals surface area contributed by atoms with E-state index in [0.29, 0.717) is 45.0 Å². The fraction of sp³-hybridized carbons (Fsp3) is 0.360. The molecule has 0 bridgehead atoms. The molecular weight excluding hydrogens is 467 g/mol. The Morgan fingerprint density at radius 2 is 2.00 bits per heavy atom. The van der Waals surface area contributed by atoms with Crippen molar-refractivity contribution in [2.45, 2.75) is 19.0 Å². The maximum Gasteiger partial charge on any atom is 0.246 e. The number of aromatic nitrogens is 4. The topological polar surface area (TPSA) is 87.2 Å². The van der Waals surface area contributed by atoms with E-state index in [1.165, 1.54) is 0 Å². The van der Waals surface area contributed by atoms with Crippen LogP contribution in [0.15, 0.2) is 36.5 Å². The Morgan fingerprint density at radius 1 is 1.17 bits per heavy atom. The van der Waals surface area contributed by atoms with Crippen molar-refractivity contribution < 1.29 is 13.9 Å². The van der Waals surface area contributed by atoms with E-state index in [-0.39, 0.29) is 5.91 Å². The number of hydrogen-bond acceptors (Lipinski definition) is 7. The van der Waals surface area contributed by atoms with Crippen LogP contribution in [0.25, 0.3) is 38.6 Å². The van der Waals surface area contributed by atoms with Crippen molar-refractivity contribution >= 4 is 50.3 Å². The van der Waals surface area contributed by atoms with Crippen LogP contribution >= 0.6 is 11.3 Å². The number of morpholine rings is 1. The van der Waals surface area contributed by atoms with Crippen molar-refractivity contribution in [1.82, 2.24) is 25.1 Å². The van der Waals surface area contributed by atoms with Gasteiger partial charge >= 0.3 is 0 Å². The first-order valence-corrected chi connectivity index (χ1v) is 12.7. The minimum atomic E-state index is -0.801. The molecule has 1 amide bonds. The van der Waals surface area contributed by atoms with E-state index in [0.717, 1.165) is 50.5 Å². The Bertz CT molecular complexity index is 1400. The summed E-state index contributed by atoms with van der Waals surface area (Å²) in [5.41, 5.74) is 2.69. The summed E-state index contributed by atoms with van der Waals surface area (Å²) in [6.45, 7) is 3.75. The third kappa shape index (κ3) is 4.39. The number of thiophene rings is 1. The van der Waals surface area contributed by atoms with E-state index in [2.05, 4.69) is 15.1 Å². The molecule has 0 saturated carbocycles. The zero-order valence-corrected chi connectivity index (χ0v) is 19.9. The number of alkyl halides is 1. The second-order valence-corrected chi connectivity index (χ2v) is 9.89. The predicted octanol–water partition coefficient (Wildman–Crippen LogP) is 4.04. The van der Waals surface area contributed by atoms with Crippen LogP contribution in [0, 0.1) is 0 Å². The number of benzene rings is 1.